The van der Waals surface area contributed by atoms with Crippen molar-refractivity contribution < 1.29 is 4.79 Å². The number of likely N-dealkylation sites (tertiary alicyclic amines) is 1. The van der Waals surface area contributed by atoms with Gasteiger partial charge in [0.2, 0.25) is 0 Å². The maximum absolute atomic E-state index is 12.6. The van der Waals surface area contributed by atoms with Crippen LogP contribution in [0, 0.1) is 17.3 Å². The van der Waals surface area contributed by atoms with Gasteiger partial charge in [-0.1, -0.05) is 33.1 Å². The highest BCUT2D eigenvalue weighted by Crippen LogP contribution is 2.39. The molecular weight excluding hydrogens is 246 g/mol. The molecule has 1 aliphatic heterocycles. The number of carbonyl (C=O) groups is 1. The zero-order valence-corrected chi connectivity index (χ0v) is 13.4. The van der Waals surface area contributed by atoms with E-state index in [4.69, 9.17) is 0 Å². The van der Waals surface area contributed by atoms with Crippen LogP contribution in [0.1, 0.15) is 71.6 Å². The Hall–Kier alpha value is -0.370. The van der Waals surface area contributed by atoms with Crippen LogP contribution in [-0.2, 0) is 4.79 Å². The lowest BCUT2D eigenvalue weighted by Crippen LogP contribution is -2.44. The smallest absolute Gasteiger partial charge is 0.142 e. The molecular formula is C18H31NO. The third-order valence-corrected chi connectivity index (χ3v) is 6.21. The van der Waals surface area contributed by atoms with Gasteiger partial charge in [0, 0.05) is 23.9 Å². The second kappa shape index (κ2) is 5.79. The van der Waals surface area contributed by atoms with Gasteiger partial charge in [0.05, 0.1) is 0 Å². The van der Waals surface area contributed by atoms with Crippen molar-refractivity contribution in [3.63, 3.8) is 0 Å². The van der Waals surface area contributed by atoms with Crippen LogP contribution in [0.25, 0.3) is 0 Å². The van der Waals surface area contributed by atoms with E-state index in [1.807, 2.05) is 0 Å². The quantitative estimate of drug-likeness (QED) is 0.776. The van der Waals surface area contributed by atoms with E-state index in [0.717, 1.165) is 31.3 Å². The van der Waals surface area contributed by atoms with Crippen molar-refractivity contribution in [2.45, 2.75) is 77.7 Å². The summed E-state index contributed by atoms with van der Waals surface area (Å²) in [6.45, 7) is 6.61. The molecule has 0 amide bonds. The van der Waals surface area contributed by atoms with Gasteiger partial charge in [-0.3, -0.25) is 9.69 Å². The van der Waals surface area contributed by atoms with Crippen LogP contribution in [0.15, 0.2) is 0 Å². The number of nitrogens with zero attached hydrogens (tertiary/aromatic N) is 1. The van der Waals surface area contributed by atoms with Gasteiger partial charge in [0.25, 0.3) is 0 Å². The lowest BCUT2D eigenvalue weighted by Gasteiger charge is -2.38. The second-order valence-electron chi connectivity index (χ2n) is 8.09. The number of rotatable bonds is 3. The minimum absolute atomic E-state index is 0.0640. The molecule has 2 unspecified atom stereocenters. The molecule has 0 spiro atoms. The largest absolute Gasteiger partial charge is 0.299 e. The fourth-order valence-corrected chi connectivity index (χ4v) is 5.01. The van der Waals surface area contributed by atoms with E-state index in [-0.39, 0.29) is 5.41 Å². The maximum Gasteiger partial charge on any atom is 0.142 e. The first-order valence-corrected chi connectivity index (χ1v) is 8.86. The van der Waals surface area contributed by atoms with Crippen molar-refractivity contribution in [2.75, 3.05) is 13.1 Å². The lowest BCUT2D eigenvalue weighted by molar-refractivity contribution is -0.135. The monoisotopic (exact) mass is 277 g/mol. The van der Waals surface area contributed by atoms with Crippen molar-refractivity contribution in [1.82, 2.24) is 4.90 Å². The van der Waals surface area contributed by atoms with Crippen LogP contribution in [-0.4, -0.2) is 29.8 Å². The molecule has 2 atom stereocenters. The highest BCUT2D eigenvalue weighted by atomic mass is 16.1. The van der Waals surface area contributed by atoms with Gasteiger partial charge in [0.15, 0.2) is 0 Å². The van der Waals surface area contributed by atoms with Crippen LogP contribution < -0.4 is 0 Å². The number of hydrogen-bond acceptors (Lipinski definition) is 2. The van der Waals surface area contributed by atoms with Crippen LogP contribution in [0.4, 0.5) is 0 Å². The molecule has 3 fully saturated rings. The number of ketones is 1. The summed E-state index contributed by atoms with van der Waals surface area (Å²) in [4.78, 5) is 15.3. The Morgan fingerprint density at radius 2 is 1.80 bits per heavy atom. The van der Waals surface area contributed by atoms with Gasteiger partial charge in [0.1, 0.15) is 5.78 Å². The highest BCUT2D eigenvalue weighted by molar-refractivity contribution is 5.87. The van der Waals surface area contributed by atoms with Crippen molar-refractivity contribution in [3.8, 4) is 0 Å². The zero-order chi connectivity index (χ0) is 14.2. The van der Waals surface area contributed by atoms with Gasteiger partial charge in [-0.25, -0.2) is 0 Å². The summed E-state index contributed by atoms with van der Waals surface area (Å²) < 4.78 is 0. The Balaban J connectivity index is 1.62. The first kappa shape index (κ1) is 14.6. The van der Waals surface area contributed by atoms with Gasteiger partial charge in [-0.2, -0.15) is 0 Å². The van der Waals surface area contributed by atoms with Crippen molar-refractivity contribution >= 4 is 5.78 Å². The zero-order valence-electron chi connectivity index (χ0n) is 13.4. The Morgan fingerprint density at radius 1 is 1.05 bits per heavy atom. The molecule has 20 heavy (non-hydrogen) atoms. The molecule has 0 radical (unpaired) electrons. The summed E-state index contributed by atoms with van der Waals surface area (Å²) in [6.07, 6.45) is 11.9. The highest BCUT2D eigenvalue weighted by Gasteiger charge is 2.40. The predicted octanol–water partition coefficient (Wildman–Crippen LogP) is 4.04. The van der Waals surface area contributed by atoms with Gasteiger partial charge in [-0.05, 0) is 51.0 Å². The summed E-state index contributed by atoms with van der Waals surface area (Å²) >= 11 is 0. The average Bonchev–Trinajstić information content (AvgIpc) is 3.05. The summed E-state index contributed by atoms with van der Waals surface area (Å²) in [5, 5.41) is 0. The molecule has 2 saturated carbocycles. The molecule has 0 aromatic heterocycles. The molecule has 2 nitrogen and oxygen atoms in total. The number of carbonyl (C=O) groups excluding carboxylic acids is 1. The van der Waals surface area contributed by atoms with E-state index in [1.54, 1.807) is 0 Å². The van der Waals surface area contributed by atoms with E-state index < -0.39 is 0 Å². The molecule has 114 valence electrons. The van der Waals surface area contributed by atoms with Crippen LogP contribution in [0.3, 0.4) is 0 Å². The molecule has 1 saturated heterocycles. The second-order valence-corrected chi connectivity index (χ2v) is 8.09. The maximum atomic E-state index is 12.6. The predicted molar refractivity (Wildman–Crippen MR) is 82.7 cm³/mol. The normalized spacial score (nSPS) is 35.8. The van der Waals surface area contributed by atoms with Crippen molar-refractivity contribution in [2.24, 2.45) is 17.3 Å². The summed E-state index contributed by atoms with van der Waals surface area (Å²) in [5.74, 6) is 1.80. The molecule has 0 bridgehead atoms. The third kappa shape index (κ3) is 2.81. The average molecular weight is 277 g/mol. The fraction of sp³-hybridized carbons (Fsp3) is 0.944. The summed E-state index contributed by atoms with van der Waals surface area (Å²) in [6, 6.07) is 0.801. The van der Waals surface area contributed by atoms with Crippen molar-refractivity contribution in [3.05, 3.63) is 0 Å². The summed E-state index contributed by atoms with van der Waals surface area (Å²) in [7, 11) is 0. The van der Waals surface area contributed by atoms with Gasteiger partial charge >= 0.3 is 0 Å². The Bertz CT molecular complexity index is 356. The lowest BCUT2D eigenvalue weighted by atomic mass is 9.71. The molecule has 2 aliphatic carbocycles. The van der Waals surface area contributed by atoms with Crippen molar-refractivity contribution in [1.29, 1.82) is 0 Å². The van der Waals surface area contributed by atoms with Crippen LogP contribution >= 0.6 is 0 Å². The molecule has 2 heteroatoms. The van der Waals surface area contributed by atoms with E-state index in [1.165, 1.54) is 51.5 Å². The van der Waals surface area contributed by atoms with Crippen LogP contribution in [0.2, 0.25) is 0 Å². The third-order valence-electron chi connectivity index (χ3n) is 6.21. The first-order valence-electron chi connectivity index (χ1n) is 8.86. The van der Waals surface area contributed by atoms with E-state index in [2.05, 4.69) is 18.7 Å². The fourth-order valence-electron chi connectivity index (χ4n) is 5.01. The van der Waals surface area contributed by atoms with Gasteiger partial charge in [-0.15, -0.1) is 0 Å². The van der Waals surface area contributed by atoms with E-state index in [0.29, 0.717) is 11.7 Å². The number of Topliss-reactive ketones (excluding diaryl/α,β-unsaturated/α-hetero) is 1. The van der Waals surface area contributed by atoms with Gasteiger partial charge < -0.3 is 0 Å². The standard InChI is InChI=1S/C18H31NO/c1-18(2)11-5-9-15(17(18)20)13-19-12-6-10-16(19)14-7-3-4-8-14/h14-16H,3-13H2,1-2H3. The molecule has 3 aliphatic rings. The first-order chi connectivity index (χ1) is 9.58. The number of hydrogen-bond donors (Lipinski definition) is 0. The molecule has 0 aromatic carbocycles. The Labute approximate surface area is 124 Å². The summed E-state index contributed by atoms with van der Waals surface area (Å²) in [5.41, 5.74) is -0.0640. The Kier molecular flexibility index (Phi) is 4.21. The SMILES string of the molecule is CC1(C)CCCC(CN2CCCC2C2CCCC2)C1=O. The molecule has 0 N–H and O–H groups in total. The molecule has 1 heterocycles. The van der Waals surface area contributed by atoms with Crippen LogP contribution in [0.5, 0.6) is 0 Å². The molecule has 0 aromatic rings. The van der Waals surface area contributed by atoms with E-state index in [9.17, 15) is 4.79 Å². The topological polar surface area (TPSA) is 20.3 Å². The van der Waals surface area contributed by atoms with E-state index >= 15 is 0 Å². The Morgan fingerprint density at radius 3 is 2.55 bits per heavy atom. The minimum atomic E-state index is -0.0640. The molecule has 3 rings (SSSR count). The minimum Gasteiger partial charge on any atom is -0.299 e.